The van der Waals surface area contributed by atoms with Gasteiger partial charge in [0.1, 0.15) is 6.07 Å². The van der Waals surface area contributed by atoms with Crippen molar-refractivity contribution in [1.82, 2.24) is 4.37 Å². The van der Waals surface area contributed by atoms with Crippen LogP contribution in [0.5, 0.6) is 5.75 Å². The Morgan fingerprint density at radius 2 is 2.22 bits per heavy atom. The van der Waals surface area contributed by atoms with E-state index in [0.29, 0.717) is 11.3 Å². The number of halogens is 1. The van der Waals surface area contributed by atoms with E-state index in [1.54, 1.807) is 24.3 Å². The molecule has 2 N–H and O–H groups in total. The van der Waals surface area contributed by atoms with Crippen molar-refractivity contribution < 1.29 is 9.90 Å². The van der Waals surface area contributed by atoms with Gasteiger partial charge >= 0.3 is 0 Å². The predicted molar refractivity (Wildman–Crippen MR) is 67.9 cm³/mol. The van der Waals surface area contributed by atoms with E-state index in [1.807, 2.05) is 6.07 Å². The van der Waals surface area contributed by atoms with Crippen molar-refractivity contribution in [2.75, 3.05) is 5.32 Å². The summed E-state index contributed by atoms with van der Waals surface area (Å²) in [7, 11) is 0. The summed E-state index contributed by atoms with van der Waals surface area (Å²) in [5.41, 5.74) is 0.704. The minimum atomic E-state index is -0.556. The molecule has 2 aromatic rings. The lowest BCUT2D eigenvalue weighted by molar-refractivity contribution is 0.102. The summed E-state index contributed by atoms with van der Waals surface area (Å²) in [6, 6.07) is 8.51. The first-order chi connectivity index (χ1) is 8.63. The quantitative estimate of drug-likeness (QED) is 0.885. The van der Waals surface area contributed by atoms with Crippen LogP contribution in [0.1, 0.15) is 15.2 Å². The maximum absolute atomic E-state index is 11.8. The molecule has 0 unspecified atom stereocenters. The highest BCUT2D eigenvalue weighted by molar-refractivity contribution is 7.09. The van der Waals surface area contributed by atoms with Crippen LogP contribution < -0.4 is 5.32 Å². The minimum Gasteiger partial charge on any atom is -0.504 e. The number of nitrogens with zero attached hydrogens (tertiary/aromatic N) is 2. The van der Waals surface area contributed by atoms with Gasteiger partial charge in [0.15, 0.2) is 15.8 Å². The standard InChI is InChI=1S/C11H6ClN3O2S/c12-10-8(16)9(18-15-10)11(17)14-7-4-2-1-3-6(7)5-13/h1-4,16H,(H,14,17). The van der Waals surface area contributed by atoms with Crippen LogP contribution in [0.3, 0.4) is 0 Å². The van der Waals surface area contributed by atoms with Crippen LogP contribution in [0.2, 0.25) is 5.15 Å². The van der Waals surface area contributed by atoms with Crippen molar-refractivity contribution in [3.63, 3.8) is 0 Å². The van der Waals surface area contributed by atoms with Crippen LogP contribution in [0, 0.1) is 11.3 Å². The van der Waals surface area contributed by atoms with Gasteiger partial charge in [-0.2, -0.15) is 9.64 Å². The van der Waals surface area contributed by atoms with Gasteiger partial charge in [0.25, 0.3) is 5.91 Å². The third kappa shape index (κ3) is 2.27. The number of nitrogens with one attached hydrogen (secondary N) is 1. The number of rotatable bonds is 2. The third-order valence-electron chi connectivity index (χ3n) is 2.13. The molecule has 0 fully saturated rings. The molecule has 0 bridgehead atoms. The van der Waals surface area contributed by atoms with E-state index in [9.17, 15) is 9.90 Å². The number of amides is 1. The van der Waals surface area contributed by atoms with Gasteiger partial charge in [-0.1, -0.05) is 23.7 Å². The maximum Gasteiger partial charge on any atom is 0.271 e. The number of para-hydroxylation sites is 1. The molecule has 5 nitrogen and oxygen atoms in total. The summed E-state index contributed by atoms with van der Waals surface area (Å²) in [6.45, 7) is 0. The molecule has 90 valence electrons. The Bertz CT molecular complexity index is 648. The van der Waals surface area contributed by atoms with Crippen LogP contribution >= 0.6 is 23.1 Å². The molecule has 0 saturated carbocycles. The molecule has 1 heterocycles. The molecule has 1 aromatic carbocycles. The fraction of sp³-hybridized carbons (Fsp3) is 0. The number of nitriles is 1. The van der Waals surface area contributed by atoms with Gasteiger partial charge in [-0.3, -0.25) is 4.79 Å². The minimum absolute atomic E-state index is 0.00717. The first-order valence-corrected chi connectivity index (χ1v) is 5.93. The monoisotopic (exact) mass is 279 g/mol. The molecule has 18 heavy (non-hydrogen) atoms. The topological polar surface area (TPSA) is 86.0 Å². The van der Waals surface area contributed by atoms with Gasteiger partial charge in [-0.15, -0.1) is 0 Å². The molecule has 1 amide bonds. The van der Waals surface area contributed by atoms with Crippen LogP contribution in [0.15, 0.2) is 24.3 Å². The Morgan fingerprint density at radius 3 is 2.83 bits per heavy atom. The lowest BCUT2D eigenvalue weighted by Crippen LogP contribution is -2.11. The highest BCUT2D eigenvalue weighted by atomic mass is 35.5. The van der Waals surface area contributed by atoms with E-state index in [0.717, 1.165) is 11.5 Å². The van der Waals surface area contributed by atoms with Crippen molar-refractivity contribution in [3.8, 4) is 11.8 Å². The average molecular weight is 280 g/mol. The zero-order chi connectivity index (χ0) is 13.1. The average Bonchev–Trinajstić information content (AvgIpc) is 2.71. The van der Waals surface area contributed by atoms with Gasteiger partial charge in [-0.05, 0) is 23.7 Å². The van der Waals surface area contributed by atoms with E-state index in [4.69, 9.17) is 16.9 Å². The van der Waals surface area contributed by atoms with Gasteiger partial charge in [0.05, 0.1) is 11.3 Å². The molecule has 2 rings (SSSR count). The zero-order valence-corrected chi connectivity index (χ0v) is 10.4. The number of anilines is 1. The largest absolute Gasteiger partial charge is 0.504 e. The summed E-state index contributed by atoms with van der Waals surface area (Å²) >= 11 is 6.34. The highest BCUT2D eigenvalue weighted by Gasteiger charge is 2.19. The fourth-order valence-corrected chi connectivity index (χ4v) is 2.11. The van der Waals surface area contributed by atoms with Gasteiger partial charge < -0.3 is 10.4 Å². The molecular formula is C11H6ClN3O2S. The van der Waals surface area contributed by atoms with E-state index < -0.39 is 5.91 Å². The van der Waals surface area contributed by atoms with Crippen molar-refractivity contribution in [3.05, 3.63) is 39.9 Å². The van der Waals surface area contributed by atoms with Gasteiger partial charge in [-0.25, -0.2) is 0 Å². The van der Waals surface area contributed by atoms with E-state index in [2.05, 4.69) is 9.69 Å². The van der Waals surface area contributed by atoms with Crippen molar-refractivity contribution in [1.29, 1.82) is 5.26 Å². The lowest BCUT2D eigenvalue weighted by atomic mass is 10.2. The number of aromatic hydroxyl groups is 1. The molecule has 0 radical (unpaired) electrons. The van der Waals surface area contributed by atoms with Gasteiger partial charge in [0, 0.05) is 0 Å². The normalized spacial score (nSPS) is 9.78. The number of hydrogen-bond donors (Lipinski definition) is 2. The first-order valence-electron chi connectivity index (χ1n) is 4.78. The molecule has 7 heteroatoms. The zero-order valence-electron chi connectivity index (χ0n) is 8.85. The second kappa shape index (κ2) is 5.04. The maximum atomic E-state index is 11.8. The molecule has 0 aliphatic carbocycles. The second-order valence-electron chi connectivity index (χ2n) is 3.26. The van der Waals surface area contributed by atoms with E-state index >= 15 is 0 Å². The number of benzene rings is 1. The number of hydrogen-bond acceptors (Lipinski definition) is 5. The van der Waals surface area contributed by atoms with Crippen molar-refractivity contribution in [2.45, 2.75) is 0 Å². The molecule has 1 aromatic heterocycles. The molecule has 0 aliphatic heterocycles. The molecule has 0 spiro atoms. The van der Waals surface area contributed by atoms with Crippen molar-refractivity contribution in [2.24, 2.45) is 0 Å². The van der Waals surface area contributed by atoms with E-state index in [-0.39, 0.29) is 15.8 Å². The third-order valence-corrected chi connectivity index (χ3v) is 3.33. The smallest absolute Gasteiger partial charge is 0.271 e. The Morgan fingerprint density at radius 1 is 1.50 bits per heavy atom. The first kappa shape index (κ1) is 12.4. The predicted octanol–water partition coefficient (Wildman–Crippen LogP) is 2.63. The number of aromatic nitrogens is 1. The Balaban J connectivity index is 2.28. The Labute approximate surface area is 111 Å². The second-order valence-corrected chi connectivity index (χ2v) is 4.39. The number of carbonyl (C=O) groups is 1. The van der Waals surface area contributed by atoms with Crippen LogP contribution in [0.4, 0.5) is 5.69 Å². The summed E-state index contributed by atoms with van der Waals surface area (Å²) < 4.78 is 3.65. The van der Waals surface area contributed by atoms with Crippen LogP contribution in [0.25, 0.3) is 0 Å². The SMILES string of the molecule is N#Cc1ccccc1NC(=O)c1snc(Cl)c1O. The molecule has 0 aliphatic rings. The fourth-order valence-electron chi connectivity index (χ4n) is 1.28. The molecule has 0 atom stereocenters. The van der Waals surface area contributed by atoms with Gasteiger partial charge in [0.2, 0.25) is 0 Å². The Kier molecular flexibility index (Phi) is 3.46. The summed E-state index contributed by atoms with van der Waals surface area (Å²) in [5, 5.41) is 20.8. The Hall–Kier alpha value is -2.10. The lowest BCUT2D eigenvalue weighted by Gasteiger charge is -2.04. The molecule has 0 saturated heterocycles. The number of carbonyl (C=O) groups excluding carboxylic acids is 1. The summed E-state index contributed by atoms with van der Waals surface area (Å²) in [6.07, 6.45) is 0. The van der Waals surface area contributed by atoms with Crippen LogP contribution in [-0.2, 0) is 0 Å². The summed E-state index contributed by atoms with van der Waals surface area (Å²) in [4.78, 5) is 11.9. The molecular weight excluding hydrogens is 274 g/mol. The van der Waals surface area contributed by atoms with E-state index in [1.165, 1.54) is 0 Å². The summed E-state index contributed by atoms with van der Waals surface area (Å²) in [5.74, 6) is -0.909. The van der Waals surface area contributed by atoms with Crippen molar-refractivity contribution >= 4 is 34.7 Å². The van der Waals surface area contributed by atoms with Crippen LogP contribution in [-0.4, -0.2) is 15.4 Å². The highest BCUT2D eigenvalue weighted by Crippen LogP contribution is 2.30.